The van der Waals surface area contributed by atoms with Crippen LogP contribution in [0.1, 0.15) is 19.3 Å². The van der Waals surface area contributed by atoms with Gasteiger partial charge in [-0.05, 0) is 19.3 Å². The molecule has 9 heavy (non-hydrogen) atoms. The van der Waals surface area contributed by atoms with E-state index in [2.05, 4.69) is 0 Å². The molecule has 0 heterocycles. The van der Waals surface area contributed by atoms with Gasteiger partial charge >= 0.3 is 5.97 Å². The van der Waals surface area contributed by atoms with Crippen LogP contribution >= 0.6 is 0 Å². The second-order valence-electron chi connectivity index (χ2n) is 2.30. The first kappa shape index (κ1) is 6.33. The maximum atomic E-state index is 10.3. The van der Waals surface area contributed by atoms with Crippen LogP contribution in [0.4, 0.5) is 0 Å². The summed E-state index contributed by atoms with van der Waals surface area (Å²) in [7, 11) is 0. The molecular weight excluding hydrogens is 116 g/mol. The van der Waals surface area contributed by atoms with E-state index in [4.69, 9.17) is 5.11 Å². The summed E-state index contributed by atoms with van der Waals surface area (Å²) in [5.41, 5.74) is 0. The molecule has 1 aliphatic carbocycles. The molecule has 0 fully saturated rings. The molecule has 1 aliphatic rings. The van der Waals surface area contributed by atoms with E-state index >= 15 is 0 Å². The predicted molar refractivity (Wildman–Crippen MR) is 34.1 cm³/mol. The third-order valence-corrected chi connectivity index (χ3v) is 1.57. The molecule has 0 radical (unpaired) electrons. The molecule has 0 aromatic rings. The summed E-state index contributed by atoms with van der Waals surface area (Å²) >= 11 is 0. The summed E-state index contributed by atoms with van der Waals surface area (Å²) in [6.07, 6.45) is 6.61. The number of carboxylic acid groups (broad SMARTS) is 1. The largest absolute Gasteiger partial charge is 0.481 e. The van der Waals surface area contributed by atoms with Crippen molar-refractivity contribution < 1.29 is 9.90 Å². The molecule has 0 saturated carbocycles. The Labute approximate surface area is 54.2 Å². The lowest BCUT2D eigenvalue weighted by Crippen LogP contribution is -2.12. The first-order chi connectivity index (χ1) is 4.30. The Bertz CT molecular complexity index is 138. The molecule has 0 saturated heterocycles. The standard InChI is InChI=1S/C7H10O2/c8-7(9)6-4-2-1-3-5-6/h2,4,6H,1,3,5H2,(H,8,9)/t6-/m0/s1. The number of rotatable bonds is 1. The number of hydrogen-bond donors (Lipinski definition) is 1. The Hall–Kier alpha value is -0.790. The van der Waals surface area contributed by atoms with Crippen LogP contribution in [0.5, 0.6) is 0 Å². The third-order valence-electron chi connectivity index (χ3n) is 1.57. The average Bonchev–Trinajstić information content (AvgIpc) is 1.90. The predicted octanol–water partition coefficient (Wildman–Crippen LogP) is 1.43. The normalized spacial score (nSPS) is 26.0. The lowest BCUT2D eigenvalue weighted by atomic mass is 9.96. The Morgan fingerprint density at radius 3 is 2.78 bits per heavy atom. The van der Waals surface area contributed by atoms with Crippen LogP contribution in [0.15, 0.2) is 12.2 Å². The van der Waals surface area contributed by atoms with Crippen molar-refractivity contribution in [2.45, 2.75) is 19.3 Å². The zero-order valence-electron chi connectivity index (χ0n) is 5.21. The Morgan fingerprint density at radius 2 is 2.44 bits per heavy atom. The fraction of sp³-hybridized carbons (Fsp3) is 0.571. The summed E-state index contributed by atoms with van der Waals surface area (Å²) < 4.78 is 0. The van der Waals surface area contributed by atoms with Crippen molar-refractivity contribution in [3.8, 4) is 0 Å². The molecule has 1 N–H and O–H groups in total. The van der Waals surface area contributed by atoms with Gasteiger partial charge in [0.05, 0.1) is 5.92 Å². The van der Waals surface area contributed by atoms with E-state index in [9.17, 15) is 4.79 Å². The molecular formula is C7H10O2. The highest BCUT2D eigenvalue weighted by atomic mass is 16.4. The zero-order chi connectivity index (χ0) is 6.69. The van der Waals surface area contributed by atoms with Crippen molar-refractivity contribution in [3.63, 3.8) is 0 Å². The van der Waals surface area contributed by atoms with Crippen LogP contribution in [0, 0.1) is 5.92 Å². The molecule has 0 aromatic carbocycles. The quantitative estimate of drug-likeness (QED) is 0.539. The molecule has 2 heteroatoms. The second-order valence-corrected chi connectivity index (χ2v) is 2.30. The van der Waals surface area contributed by atoms with Gasteiger partial charge in [0.15, 0.2) is 0 Å². The maximum Gasteiger partial charge on any atom is 0.310 e. The number of carboxylic acids is 1. The summed E-state index contributed by atoms with van der Waals surface area (Å²) in [5, 5.41) is 8.49. The average molecular weight is 126 g/mol. The number of aliphatic carboxylic acids is 1. The Kier molecular flexibility index (Phi) is 1.88. The molecule has 0 aliphatic heterocycles. The number of allylic oxidation sites excluding steroid dienone is 1. The highest BCUT2D eigenvalue weighted by molar-refractivity contribution is 5.72. The lowest BCUT2D eigenvalue weighted by molar-refractivity contribution is -0.140. The molecule has 2 nitrogen and oxygen atoms in total. The minimum absolute atomic E-state index is 0.209. The van der Waals surface area contributed by atoms with Gasteiger partial charge in [0, 0.05) is 0 Å². The Morgan fingerprint density at radius 1 is 1.67 bits per heavy atom. The van der Waals surface area contributed by atoms with E-state index in [1.165, 1.54) is 0 Å². The van der Waals surface area contributed by atoms with Gasteiger partial charge in [0.25, 0.3) is 0 Å². The number of hydrogen-bond acceptors (Lipinski definition) is 1. The second kappa shape index (κ2) is 2.67. The molecule has 0 bridgehead atoms. The SMILES string of the molecule is O=C(O)[C@H]1C=CCCC1. The smallest absolute Gasteiger partial charge is 0.310 e. The van der Waals surface area contributed by atoms with E-state index in [1.54, 1.807) is 6.08 Å². The molecule has 1 atom stereocenters. The molecule has 0 unspecified atom stereocenters. The summed E-state index contributed by atoms with van der Waals surface area (Å²) in [6, 6.07) is 0. The fourth-order valence-electron chi connectivity index (χ4n) is 1.02. The van der Waals surface area contributed by atoms with E-state index in [0.717, 1.165) is 19.3 Å². The van der Waals surface area contributed by atoms with Crippen LogP contribution in [-0.2, 0) is 4.79 Å². The van der Waals surface area contributed by atoms with E-state index in [1.807, 2.05) is 6.08 Å². The fourth-order valence-corrected chi connectivity index (χ4v) is 1.02. The summed E-state index contributed by atoms with van der Waals surface area (Å²) in [4.78, 5) is 10.3. The van der Waals surface area contributed by atoms with Gasteiger partial charge < -0.3 is 5.11 Å². The van der Waals surface area contributed by atoms with Crippen molar-refractivity contribution in [1.29, 1.82) is 0 Å². The van der Waals surface area contributed by atoms with Crippen LogP contribution in [0.2, 0.25) is 0 Å². The molecule has 0 aromatic heterocycles. The first-order valence-corrected chi connectivity index (χ1v) is 3.20. The van der Waals surface area contributed by atoms with Gasteiger partial charge in [-0.3, -0.25) is 4.79 Å². The lowest BCUT2D eigenvalue weighted by Gasteiger charge is -2.09. The summed E-state index contributed by atoms with van der Waals surface area (Å²) in [5.74, 6) is -0.898. The van der Waals surface area contributed by atoms with Gasteiger partial charge in [-0.2, -0.15) is 0 Å². The highest BCUT2D eigenvalue weighted by Gasteiger charge is 2.14. The molecule has 1 rings (SSSR count). The molecule has 0 spiro atoms. The topological polar surface area (TPSA) is 37.3 Å². The van der Waals surface area contributed by atoms with Crippen LogP contribution in [0.25, 0.3) is 0 Å². The highest BCUT2D eigenvalue weighted by Crippen LogP contribution is 2.16. The zero-order valence-corrected chi connectivity index (χ0v) is 5.21. The number of carbonyl (C=O) groups is 1. The van der Waals surface area contributed by atoms with Crippen LogP contribution in [-0.4, -0.2) is 11.1 Å². The Balaban J connectivity index is 2.50. The summed E-state index contributed by atoms with van der Waals surface area (Å²) in [6.45, 7) is 0. The van der Waals surface area contributed by atoms with Crippen molar-refractivity contribution in [3.05, 3.63) is 12.2 Å². The third kappa shape index (κ3) is 1.56. The first-order valence-electron chi connectivity index (χ1n) is 3.20. The van der Waals surface area contributed by atoms with Gasteiger partial charge in [0.2, 0.25) is 0 Å². The minimum atomic E-state index is -0.689. The van der Waals surface area contributed by atoms with E-state index in [-0.39, 0.29) is 5.92 Å². The van der Waals surface area contributed by atoms with Crippen LogP contribution in [0.3, 0.4) is 0 Å². The van der Waals surface area contributed by atoms with Crippen molar-refractivity contribution in [2.75, 3.05) is 0 Å². The van der Waals surface area contributed by atoms with Gasteiger partial charge in [0.1, 0.15) is 0 Å². The van der Waals surface area contributed by atoms with E-state index in [0.29, 0.717) is 0 Å². The molecule has 50 valence electrons. The van der Waals surface area contributed by atoms with Crippen molar-refractivity contribution in [1.82, 2.24) is 0 Å². The van der Waals surface area contributed by atoms with Crippen molar-refractivity contribution >= 4 is 5.97 Å². The maximum absolute atomic E-state index is 10.3. The van der Waals surface area contributed by atoms with E-state index < -0.39 is 5.97 Å². The monoisotopic (exact) mass is 126 g/mol. The van der Waals surface area contributed by atoms with Gasteiger partial charge in [-0.1, -0.05) is 12.2 Å². The van der Waals surface area contributed by atoms with Gasteiger partial charge in [-0.15, -0.1) is 0 Å². The molecule has 0 amide bonds. The van der Waals surface area contributed by atoms with Gasteiger partial charge in [-0.25, -0.2) is 0 Å². The van der Waals surface area contributed by atoms with Crippen LogP contribution < -0.4 is 0 Å². The van der Waals surface area contributed by atoms with Crippen molar-refractivity contribution in [2.24, 2.45) is 5.92 Å². The minimum Gasteiger partial charge on any atom is -0.481 e.